The molecule has 0 radical (unpaired) electrons. The molecule has 5 aromatic carbocycles. The van der Waals surface area contributed by atoms with E-state index in [-0.39, 0.29) is 0 Å². The highest BCUT2D eigenvalue weighted by atomic mass is 16.3. The largest absolute Gasteiger partial charge is 0.388 e. The number of benzene rings is 5. The molecule has 0 aromatic heterocycles. The lowest BCUT2D eigenvalue weighted by Gasteiger charge is -2.18. The summed E-state index contributed by atoms with van der Waals surface area (Å²) in [5.41, 5.74) is 2.34. The summed E-state index contributed by atoms with van der Waals surface area (Å²) in [6, 6.07) is 33.8. The second-order valence-corrected chi connectivity index (χ2v) is 7.43. The summed E-state index contributed by atoms with van der Waals surface area (Å²) in [7, 11) is 0. The van der Waals surface area contributed by atoms with Gasteiger partial charge in [0.15, 0.2) is 0 Å². The second kappa shape index (κ2) is 7.10. The SMILES string of the molecule is OC(CCc1cccc2ccccc12)c1c2ccccc2cc2ccccc12. The fourth-order valence-electron chi connectivity index (χ4n) is 4.35. The zero-order valence-corrected chi connectivity index (χ0v) is 15.7. The first-order valence-electron chi connectivity index (χ1n) is 9.86. The van der Waals surface area contributed by atoms with Crippen LogP contribution in [0.15, 0.2) is 97.1 Å². The first-order valence-corrected chi connectivity index (χ1v) is 9.86. The van der Waals surface area contributed by atoms with Crippen LogP contribution in [0.25, 0.3) is 32.3 Å². The average Bonchev–Trinajstić information content (AvgIpc) is 2.75. The zero-order chi connectivity index (χ0) is 18.9. The van der Waals surface area contributed by atoms with Gasteiger partial charge in [-0.2, -0.15) is 0 Å². The van der Waals surface area contributed by atoms with Crippen molar-refractivity contribution in [2.45, 2.75) is 18.9 Å². The van der Waals surface area contributed by atoms with Gasteiger partial charge in [0.25, 0.3) is 0 Å². The third-order valence-corrected chi connectivity index (χ3v) is 5.71. The summed E-state index contributed by atoms with van der Waals surface area (Å²) in [6.45, 7) is 0. The summed E-state index contributed by atoms with van der Waals surface area (Å²) in [4.78, 5) is 0. The molecular weight excluding hydrogens is 340 g/mol. The Morgan fingerprint density at radius 1 is 0.571 bits per heavy atom. The van der Waals surface area contributed by atoms with Gasteiger partial charge in [-0.15, -0.1) is 0 Å². The van der Waals surface area contributed by atoms with E-state index in [2.05, 4.69) is 97.1 Å². The third-order valence-electron chi connectivity index (χ3n) is 5.71. The fourth-order valence-corrected chi connectivity index (χ4v) is 4.35. The molecule has 1 heteroatoms. The molecule has 0 fully saturated rings. The average molecular weight is 362 g/mol. The molecule has 0 amide bonds. The van der Waals surface area contributed by atoms with E-state index >= 15 is 0 Å². The standard InChI is InChI=1S/C27H22O/c28-26(17-16-20-12-7-11-19-8-1-4-13-23(19)20)27-24-14-5-2-9-21(24)18-22-10-3-6-15-25(22)27/h1-15,18,26,28H,16-17H2. The molecule has 0 spiro atoms. The molecule has 1 nitrogen and oxygen atoms in total. The van der Waals surface area contributed by atoms with Gasteiger partial charge in [-0.3, -0.25) is 0 Å². The number of hydrogen-bond donors (Lipinski definition) is 1. The summed E-state index contributed by atoms with van der Waals surface area (Å²) in [5.74, 6) is 0. The molecule has 5 rings (SSSR count). The van der Waals surface area contributed by atoms with Crippen LogP contribution in [0.4, 0.5) is 0 Å². The maximum atomic E-state index is 11.2. The lowest BCUT2D eigenvalue weighted by molar-refractivity contribution is 0.171. The normalized spacial score (nSPS) is 12.6. The Kier molecular flexibility index (Phi) is 4.31. The third kappa shape index (κ3) is 2.94. The first-order chi connectivity index (χ1) is 13.8. The highest BCUT2D eigenvalue weighted by Crippen LogP contribution is 2.35. The molecule has 0 aliphatic rings. The van der Waals surface area contributed by atoms with E-state index in [4.69, 9.17) is 0 Å². The van der Waals surface area contributed by atoms with Crippen molar-refractivity contribution in [2.75, 3.05) is 0 Å². The zero-order valence-electron chi connectivity index (χ0n) is 15.7. The molecule has 1 atom stereocenters. The van der Waals surface area contributed by atoms with Gasteiger partial charge < -0.3 is 5.11 Å². The molecule has 5 aromatic rings. The second-order valence-electron chi connectivity index (χ2n) is 7.43. The van der Waals surface area contributed by atoms with Crippen molar-refractivity contribution in [2.24, 2.45) is 0 Å². The van der Waals surface area contributed by atoms with Gasteiger partial charge in [-0.25, -0.2) is 0 Å². The van der Waals surface area contributed by atoms with Gasteiger partial charge in [0, 0.05) is 0 Å². The van der Waals surface area contributed by atoms with Crippen molar-refractivity contribution in [3.05, 3.63) is 108 Å². The smallest absolute Gasteiger partial charge is 0.0805 e. The molecule has 1 N–H and O–H groups in total. The van der Waals surface area contributed by atoms with Gasteiger partial charge in [0.1, 0.15) is 0 Å². The quantitative estimate of drug-likeness (QED) is 0.348. The minimum atomic E-state index is -0.505. The number of aliphatic hydroxyl groups excluding tert-OH is 1. The predicted molar refractivity (Wildman–Crippen MR) is 119 cm³/mol. The van der Waals surface area contributed by atoms with Crippen LogP contribution in [0.3, 0.4) is 0 Å². The van der Waals surface area contributed by atoms with Gasteiger partial charge in [-0.1, -0.05) is 91.0 Å². The Morgan fingerprint density at radius 3 is 1.79 bits per heavy atom. The molecular formula is C27H22O. The number of hydrogen-bond acceptors (Lipinski definition) is 1. The van der Waals surface area contributed by atoms with E-state index < -0.39 is 6.10 Å². The molecule has 0 heterocycles. The number of rotatable bonds is 4. The molecule has 1 unspecified atom stereocenters. The Morgan fingerprint density at radius 2 is 1.11 bits per heavy atom. The van der Waals surface area contributed by atoms with Gasteiger partial charge in [-0.05, 0) is 62.4 Å². The van der Waals surface area contributed by atoms with Crippen LogP contribution in [0, 0.1) is 0 Å². The van der Waals surface area contributed by atoms with Crippen LogP contribution in [0.2, 0.25) is 0 Å². The summed E-state index contributed by atoms with van der Waals surface area (Å²) in [6.07, 6.45) is 1.04. The van der Waals surface area contributed by atoms with Crippen LogP contribution < -0.4 is 0 Å². The van der Waals surface area contributed by atoms with E-state index in [1.54, 1.807) is 0 Å². The first kappa shape index (κ1) is 17.0. The van der Waals surface area contributed by atoms with E-state index in [9.17, 15) is 5.11 Å². The van der Waals surface area contributed by atoms with E-state index in [1.807, 2.05) is 0 Å². The molecule has 0 aliphatic heterocycles. The van der Waals surface area contributed by atoms with E-state index in [0.29, 0.717) is 6.42 Å². The minimum Gasteiger partial charge on any atom is -0.388 e. The molecule has 0 aliphatic carbocycles. The van der Waals surface area contributed by atoms with Crippen molar-refractivity contribution < 1.29 is 5.11 Å². The lowest BCUT2D eigenvalue weighted by Crippen LogP contribution is -2.02. The van der Waals surface area contributed by atoms with Crippen LogP contribution in [-0.2, 0) is 6.42 Å². The maximum absolute atomic E-state index is 11.2. The Hall–Kier alpha value is -3.16. The minimum absolute atomic E-state index is 0.505. The van der Waals surface area contributed by atoms with Crippen molar-refractivity contribution in [3.63, 3.8) is 0 Å². The molecule has 136 valence electrons. The van der Waals surface area contributed by atoms with Crippen molar-refractivity contribution >= 4 is 32.3 Å². The number of fused-ring (bicyclic) bond motifs is 3. The molecule has 0 saturated carbocycles. The van der Waals surface area contributed by atoms with Crippen LogP contribution in [0.1, 0.15) is 23.7 Å². The lowest BCUT2D eigenvalue weighted by atomic mass is 9.90. The number of aryl methyl sites for hydroxylation is 1. The highest BCUT2D eigenvalue weighted by molar-refractivity contribution is 6.02. The van der Waals surface area contributed by atoms with E-state index in [0.717, 1.165) is 22.8 Å². The van der Waals surface area contributed by atoms with Crippen molar-refractivity contribution in [1.82, 2.24) is 0 Å². The Labute approximate surface area is 164 Å². The molecule has 0 bridgehead atoms. The van der Waals surface area contributed by atoms with Crippen LogP contribution in [-0.4, -0.2) is 5.11 Å². The number of aliphatic hydroxyl groups is 1. The summed E-state index contributed by atoms with van der Waals surface area (Å²) >= 11 is 0. The van der Waals surface area contributed by atoms with Crippen molar-refractivity contribution in [1.29, 1.82) is 0 Å². The fraction of sp³-hybridized carbons (Fsp3) is 0.111. The molecule has 28 heavy (non-hydrogen) atoms. The highest BCUT2D eigenvalue weighted by Gasteiger charge is 2.16. The summed E-state index contributed by atoms with van der Waals surface area (Å²) in [5, 5.41) is 18.4. The van der Waals surface area contributed by atoms with Gasteiger partial charge in [0.2, 0.25) is 0 Å². The maximum Gasteiger partial charge on any atom is 0.0805 e. The summed E-state index contributed by atoms with van der Waals surface area (Å²) < 4.78 is 0. The van der Waals surface area contributed by atoms with E-state index in [1.165, 1.54) is 27.1 Å². The topological polar surface area (TPSA) is 20.2 Å². The van der Waals surface area contributed by atoms with Crippen LogP contribution in [0.5, 0.6) is 0 Å². The molecule has 0 saturated heterocycles. The Bertz CT molecular complexity index is 1230. The van der Waals surface area contributed by atoms with Gasteiger partial charge >= 0.3 is 0 Å². The van der Waals surface area contributed by atoms with Crippen LogP contribution >= 0.6 is 0 Å². The monoisotopic (exact) mass is 362 g/mol. The predicted octanol–water partition coefficient (Wildman–Crippen LogP) is 6.81. The van der Waals surface area contributed by atoms with Crippen molar-refractivity contribution in [3.8, 4) is 0 Å². The Balaban J connectivity index is 1.56. The van der Waals surface area contributed by atoms with Gasteiger partial charge in [0.05, 0.1) is 6.10 Å².